The Bertz CT molecular complexity index is 573. The van der Waals surface area contributed by atoms with Gasteiger partial charge in [-0.15, -0.1) is 0 Å². The minimum Gasteiger partial charge on any atom is -0.396 e. The topological polar surface area (TPSA) is 23.5 Å². The maximum atomic E-state index is 9.45. The fraction of sp³-hybridized carbons (Fsp3) is 0.429. The molecule has 0 radical (unpaired) electrons. The van der Waals surface area contributed by atoms with Gasteiger partial charge in [-0.3, -0.25) is 4.90 Å². The van der Waals surface area contributed by atoms with Crippen molar-refractivity contribution in [2.45, 2.75) is 26.3 Å². The summed E-state index contributed by atoms with van der Waals surface area (Å²) < 4.78 is 0. The first-order valence-electron chi connectivity index (χ1n) is 8.59. The Balaban J connectivity index is 1.94. The summed E-state index contributed by atoms with van der Waals surface area (Å²) in [6.07, 6.45) is 0.876. The van der Waals surface area contributed by atoms with Crippen LogP contribution in [0.25, 0.3) is 0 Å². The van der Waals surface area contributed by atoms with Crippen LogP contribution < -0.4 is 0 Å². The average Bonchev–Trinajstić information content (AvgIpc) is 2.85. The van der Waals surface area contributed by atoms with Gasteiger partial charge in [-0.1, -0.05) is 74.5 Å². The van der Waals surface area contributed by atoms with E-state index in [1.54, 1.807) is 0 Å². The van der Waals surface area contributed by atoms with E-state index in [1.807, 2.05) is 0 Å². The highest BCUT2D eigenvalue weighted by molar-refractivity contribution is 5.32. The number of benzene rings is 2. The van der Waals surface area contributed by atoms with E-state index >= 15 is 0 Å². The Kier molecular flexibility index (Phi) is 4.84. The number of aliphatic hydroxyl groups is 1. The minimum absolute atomic E-state index is 0.191. The largest absolute Gasteiger partial charge is 0.396 e. The molecule has 1 aliphatic heterocycles. The van der Waals surface area contributed by atoms with Gasteiger partial charge in [0.05, 0.1) is 6.04 Å². The van der Waals surface area contributed by atoms with Crippen molar-refractivity contribution in [3.8, 4) is 0 Å². The van der Waals surface area contributed by atoms with E-state index in [9.17, 15) is 5.11 Å². The molecule has 1 saturated heterocycles. The van der Waals surface area contributed by atoms with E-state index < -0.39 is 0 Å². The molecule has 0 amide bonds. The SMILES string of the molecule is C[C@@H]1CN(C(c2ccccc2)c2ccccc2)C[C@@]1(C)CCO. The average molecular weight is 309 g/mol. The lowest BCUT2D eigenvalue weighted by Gasteiger charge is -2.31. The van der Waals surface area contributed by atoms with Crippen LogP contribution in [0.15, 0.2) is 60.7 Å². The van der Waals surface area contributed by atoms with Crippen LogP contribution in [0.5, 0.6) is 0 Å². The molecule has 0 aliphatic carbocycles. The molecular weight excluding hydrogens is 282 g/mol. The molecule has 23 heavy (non-hydrogen) atoms. The molecular formula is C21H27NO. The second kappa shape index (κ2) is 6.86. The summed E-state index contributed by atoms with van der Waals surface area (Å²) in [4.78, 5) is 2.59. The van der Waals surface area contributed by atoms with Crippen molar-refractivity contribution in [3.63, 3.8) is 0 Å². The summed E-state index contributed by atoms with van der Waals surface area (Å²) in [6.45, 7) is 7.02. The van der Waals surface area contributed by atoms with Gasteiger partial charge in [0.15, 0.2) is 0 Å². The molecule has 1 fully saturated rings. The molecule has 2 atom stereocenters. The summed E-state index contributed by atoms with van der Waals surface area (Å²) in [5, 5.41) is 9.45. The third-order valence-corrected chi connectivity index (χ3v) is 5.54. The van der Waals surface area contributed by atoms with Gasteiger partial charge in [0.25, 0.3) is 0 Å². The lowest BCUT2D eigenvalue weighted by Crippen LogP contribution is -2.30. The van der Waals surface area contributed by atoms with Gasteiger partial charge in [-0.05, 0) is 28.9 Å². The van der Waals surface area contributed by atoms with Crippen molar-refractivity contribution in [2.24, 2.45) is 11.3 Å². The first-order chi connectivity index (χ1) is 11.1. The first kappa shape index (κ1) is 16.2. The highest BCUT2D eigenvalue weighted by atomic mass is 16.3. The normalized spacial score (nSPS) is 25.1. The van der Waals surface area contributed by atoms with Crippen LogP contribution in [-0.2, 0) is 0 Å². The molecule has 2 aromatic carbocycles. The first-order valence-corrected chi connectivity index (χ1v) is 8.59. The van der Waals surface area contributed by atoms with E-state index in [-0.39, 0.29) is 12.0 Å². The number of aliphatic hydroxyl groups excluding tert-OH is 1. The Morgan fingerprint density at radius 1 is 1.04 bits per heavy atom. The lowest BCUT2D eigenvalue weighted by molar-refractivity contribution is 0.163. The van der Waals surface area contributed by atoms with Crippen molar-refractivity contribution in [2.75, 3.05) is 19.7 Å². The summed E-state index contributed by atoms with van der Waals surface area (Å²) in [5.41, 5.74) is 2.88. The maximum absolute atomic E-state index is 9.45. The standard InChI is InChI=1S/C21H27NO/c1-17-15-22(16-21(17,2)13-14-23)20(18-9-5-3-6-10-18)19-11-7-4-8-12-19/h3-12,17,20,23H,13-16H2,1-2H3/t17-,21-/m1/s1. The lowest BCUT2D eigenvalue weighted by atomic mass is 9.78. The number of hydrogen-bond acceptors (Lipinski definition) is 2. The number of hydrogen-bond donors (Lipinski definition) is 1. The quantitative estimate of drug-likeness (QED) is 0.898. The van der Waals surface area contributed by atoms with Gasteiger partial charge in [0.1, 0.15) is 0 Å². The van der Waals surface area contributed by atoms with E-state index in [4.69, 9.17) is 0 Å². The summed E-state index contributed by atoms with van der Waals surface area (Å²) in [7, 11) is 0. The number of rotatable bonds is 5. The predicted molar refractivity (Wildman–Crippen MR) is 95.3 cm³/mol. The molecule has 3 rings (SSSR count). The molecule has 0 bridgehead atoms. The van der Waals surface area contributed by atoms with E-state index in [0.717, 1.165) is 19.5 Å². The summed E-state index contributed by atoms with van der Waals surface area (Å²) >= 11 is 0. The molecule has 1 N–H and O–H groups in total. The number of likely N-dealkylation sites (tertiary alicyclic amines) is 1. The van der Waals surface area contributed by atoms with E-state index in [0.29, 0.717) is 12.0 Å². The van der Waals surface area contributed by atoms with Crippen molar-refractivity contribution in [1.82, 2.24) is 4.90 Å². The van der Waals surface area contributed by atoms with Crippen molar-refractivity contribution < 1.29 is 5.11 Å². The monoisotopic (exact) mass is 309 g/mol. The summed E-state index contributed by atoms with van der Waals surface area (Å²) in [5.74, 6) is 0.588. The van der Waals surface area contributed by atoms with E-state index in [2.05, 4.69) is 79.4 Å². The van der Waals surface area contributed by atoms with Crippen LogP contribution in [0, 0.1) is 11.3 Å². The van der Waals surface area contributed by atoms with Crippen molar-refractivity contribution >= 4 is 0 Å². The molecule has 2 nitrogen and oxygen atoms in total. The van der Waals surface area contributed by atoms with Gasteiger partial charge in [-0.25, -0.2) is 0 Å². The van der Waals surface area contributed by atoms with Gasteiger partial charge in [-0.2, -0.15) is 0 Å². The molecule has 2 aromatic rings. The van der Waals surface area contributed by atoms with Crippen LogP contribution in [0.2, 0.25) is 0 Å². The molecule has 2 heteroatoms. The fourth-order valence-electron chi connectivity index (χ4n) is 3.92. The van der Waals surface area contributed by atoms with Gasteiger partial charge < -0.3 is 5.11 Å². The molecule has 0 spiro atoms. The Hall–Kier alpha value is -1.64. The molecule has 0 saturated carbocycles. The van der Waals surface area contributed by atoms with Crippen molar-refractivity contribution in [3.05, 3.63) is 71.8 Å². The number of nitrogens with zero attached hydrogens (tertiary/aromatic N) is 1. The van der Waals surface area contributed by atoms with Crippen LogP contribution in [0.4, 0.5) is 0 Å². The minimum atomic E-state index is 0.191. The van der Waals surface area contributed by atoms with Crippen LogP contribution in [-0.4, -0.2) is 29.7 Å². The third kappa shape index (κ3) is 3.34. The second-order valence-corrected chi connectivity index (χ2v) is 7.18. The molecule has 122 valence electrons. The van der Waals surface area contributed by atoms with Crippen LogP contribution >= 0.6 is 0 Å². The van der Waals surface area contributed by atoms with Gasteiger partial charge >= 0.3 is 0 Å². The third-order valence-electron chi connectivity index (χ3n) is 5.54. The highest BCUT2D eigenvalue weighted by Gasteiger charge is 2.42. The molecule has 1 aliphatic rings. The Morgan fingerprint density at radius 2 is 1.57 bits per heavy atom. The van der Waals surface area contributed by atoms with Gasteiger partial charge in [0, 0.05) is 19.7 Å². The summed E-state index contributed by atoms with van der Waals surface area (Å²) in [6, 6.07) is 21.8. The predicted octanol–water partition coefficient (Wildman–Crippen LogP) is 4.12. The van der Waals surface area contributed by atoms with Crippen LogP contribution in [0.3, 0.4) is 0 Å². The van der Waals surface area contributed by atoms with E-state index in [1.165, 1.54) is 11.1 Å². The smallest absolute Gasteiger partial charge is 0.0602 e. The molecule has 1 heterocycles. The zero-order valence-corrected chi connectivity index (χ0v) is 14.2. The second-order valence-electron chi connectivity index (χ2n) is 7.18. The van der Waals surface area contributed by atoms with Gasteiger partial charge in [0.2, 0.25) is 0 Å². The van der Waals surface area contributed by atoms with Crippen LogP contribution in [0.1, 0.15) is 37.4 Å². The zero-order valence-electron chi connectivity index (χ0n) is 14.2. The fourth-order valence-corrected chi connectivity index (χ4v) is 3.92. The van der Waals surface area contributed by atoms with Crippen molar-refractivity contribution in [1.29, 1.82) is 0 Å². The highest BCUT2D eigenvalue weighted by Crippen LogP contribution is 2.43. The Labute approximate surface area is 139 Å². The molecule has 0 unspecified atom stereocenters. The maximum Gasteiger partial charge on any atom is 0.0602 e. The Morgan fingerprint density at radius 3 is 2.04 bits per heavy atom. The molecule has 0 aromatic heterocycles. The zero-order chi connectivity index (χ0) is 16.3.